The van der Waals surface area contributed by atoms with Gasteiger partial charge in [-0.05, 0) is 57.8 Å². The Morgan fingerprint density at radius 2 is 1.71 bits per heavy atom. The minimum absolute atomic E-state index is 0.360. The fourth-order valence-corrected chi connectivity index (χ4v) is 3.98. The highest BCUT2D eigenvalue weighted by Gasteiger charge is 2.29. The molecule has 3 heterocycles. The molecule has 0 spiro atoms. The molecule has 122 valence electrons. The van der Waals surface area contributed by atoms with E-state index < -0.39 is 0 Å². The number of nitrogens with one attached hydrogen (secondary N) is 4. The van der Waals surface area contributed by atoms with E-state index in [4.69, 9.17) is 4.74 Å². The molecule has 0 bridgehead atoms. The van der Waals surface area contributed by atoms with Crippen molar-refractivity contribution in [3.05, 3.63) is 0 Å². The SMILES string of the molecule is C1CCC(C2CCNC(C3CCNCCO3)CN2)CNC1. The van der Waals surface area contributed by atoms with Crippen LogP contribution in [-0.2, 0) is 4.74 Å². The summed E-state index contributed by atoms with van der Waals surface area (Å²) in [6.45, 7) is 7.47. The normalized spacial score (nSPS) is 40.0. The zero-order valence-corrected chi connectivity index (χ0v) is 13.2. The third-order valence-electron chi connectivity index (χ3n) is 5.28. The summed E-state index contributed by atoms with van der Waals surface area (Å²) in [5.41, 5.74) is 0. The predicted molar refractivity (Wildman–Crippen MR) is 85.6 cm³/mol. The van der Waals surface area contributed by atoms with Gasteiger partial charge in [-0.15, -0.1) is 0 Å². The van der Waals surface area contributed by atoms with Gasteiger partial charge < -0.3 is 26.0 Å². The van der Waals surface area contributed by atoms with E-state index in [2.05, 4.69) is 21.3 Å². The molecule has 4 N–H and O–H groups in total. The van der Waals surface area contributed by atoms with Crippen molar-refractivity contribution >= 4 is 0 Å². The van der Waals surface area contributed by atoms with Crippen molar-refractivity contribution in [2.45, 2.75) is 50.3 Å². The Hall–Kier alpha value is -0.200. The second kappa shape index (κ2) is 8.44. The van der Waals surface area contributed by atoms with Crippen LogP contribution in [0, 0.1) is 5.92 Å². The van der Waals surface area contributed by atoms with Gasteiger partial charge in [-0.1, -0.05) is 6.42 Å². The standard InChI is InChI=1S/C16H32N4O/c1-2-6-18-11-13(3-1)14-4-8-19-15(12-20-14)16-5-7-17-9-10-21-16/h13-20H,1-12H2. The van der Waals surface area contributed by atoms with Gasteiger partial charge in [0.15, 0.2) is 0 Å². The molecule has 0 aromatic heterocycles. The Kier molecular flexibility index (Phi) is 6.30. The van der Waals surface area contributed by atoms with Crippen LogP contribution in [0.4, 0.5) is 0 Å². The molecule has 4 unspecified atom stereocenters. The predicted octanol–water partition coefficient (Wildman–Crippen LogP) is 0.0747. The van der Waals surface area contributed by atoms with Crippen molar-refractivity contribution in [1.29, 1.82) is 0 Å². The van der Waals surface area contributed by atoms with Crippen LogP contribution < -0.4 is 21.3 Å². The molecule has 0 aromatic carbocycles. The molecule has 5 nitrogen and oxygen atoms in total. The van der Waals surface area contributed by atoms with Gasteiger partial charge in [0.2, 0.25) is 0 Å². The number of hydrogen-bond acceptors (Lipinski definition) is 5. The van der Waals surface area contributed by atoms with Crippen LogP contribution in [0.15, 0.2) is 0 Å². The van der Waals surface area contributed by atoms with Gasteiger partial charge in [0, 0.05) is 25.2 Å². The van der Waals surface area contributed by atoms with Crippen molar-refractivity contribution in [2.75, 3.05) is 45.9 Å². The Morgan fingerprint density at radius 1 is 0.714 bits per heavy atom. The molecule has 0 aliphatic carbocycles. The van der Waals surface area contributed by atoms with E-state index in [0.717, 1.165) is 45.1 Å². The Labute approximate surface area is 129 Å². The summed E-state index contributed by atoms with van der Waals surface area (Å²) < 4.78 is 6.02. The molecular formula is C16H32N4O. The lowest BCUT2D eigenvalue weighted by molar-refractivity contribution is 0.0377. The summed E-state index contributed by atoms with van der Waals surface area (Å²) in [5.74, 6) is 0.796. The van der Waals surface area contributed by atoms with E-state index in [1.54, 1.807) is 0 Å². The Morgan fingerprint density at radius 3 is 2.71 bits per heavy atom. The molecule has 0 amide bonds. The van der Waals surface area contributed by atoms with Crippen LogP contribution in [0.2, 0.25) is 0 Å². The average Bonchev–Trinajstić information content (AvgIpc) is 3.01. The van der Waals surface area contributed by atoms with Gasteiger partial charge in [0.25, 0.3) is 0 Å². The van der Waals surface area contributed by atoms with E-state index in [1.807, 2.05) is 0 Å². The van der Waals surface area contributed by atoms with E-state index in [9.17, 15) is 0 Å². The van der Waals surface area contributed by atoms with Crippen LogP contribution in [0.5, 0.6) is 0 Å². The van der Waals surface area contributed by atoms with Gasteiger partial charge in [0.1, 0.15) is 0 Å². The molecule has 3 fully saturated rings. The fourth-order valence-electron chi connectivity index (χ4n) is 3.98. The molecule has 21 heavy (non-hydrogen) atoms. The van der Waals surface area contributed by atoms with Crippen molar-refractivity contribution in [1.82, 2.24) is 21.3 Å². The van der Waals surface area contributed by atoms with Gasteiger partial charge in [-0.3, -0.25) is 0 Å². The van der Waals surface area contributed by atoms with Crippen LogP contribution in [0.3, 0.4) is 0 Å². The molecule has 5 heteroatoms. The topological polar surface area (TPSA) is 57.4 Å². The van der Waals surface area contributed by atoms with E-state index >= 15 is 0 Å². The summed E-state index contributed by atoms with van der Waals surface area (Å²) in [4.78, 5) is 0. The van der Waals surface area contributed by atoms with Gasteiger partial charge in [-0.2, -0.15) is 0 Å². The van der Waals surface area contributed by atoms with Crippen molar-refractivity contribution < 1.29 is 4.74 Å². The summed E-state index contributed by atoms with van der Waals surface area (Å²) in [6.07, 6.45) is 6.82. The van der Waals surface area contributed by atoms with Crippen LogP contribution in [-0.4, -0.2) is 64.1 Å². The maximum absolute atomic E-state index is 6.02. The molecule has 3 rings (SSSR count). The first-order chi connectivity index (χ1) is 10.4. The largest absolute Gasteiger partial charge is 0.375 e. The Balaban J connectivity index is 1.50. The quantitative estimate of drug-likeness (QED) is 0.581. The number of ether oxygens (including phenoxy) is 1. The van der Waals surface area contributed by atoms with Crippen LogP contribution in [0.25, 0.3) is 0 Å². The van der Waals surface area contributed by atoms with Crippen LogP contribution in [0.1, 0.15) is 32.1 Å². The molecular weight excluding hydrogens is 264 g/mol. The highest BCUT2D eigenvalue weighted by Crippen LogP contribution is 2.19. The lowest BCUT2D eigenvalue weighted by atomic mass is 9.92. The highest BCUT2D eigenvalue weighted by molar-refractivity contribution is 4.89. The summed E-state index contributed by atoms with van der Waals surface area (Å²) >= 11 is 0. The molecule has 0 radical (unpaired) electrons. The second-order valence-corrected chi connectivity index (χ2v) is 6.77. The van der Waals surface area contributed by atoms with E-state index in [-0.39, 0.29) is 0 Å². The number of rotatable bonds is 2. The van der Waals surface area contributed by atoms with E-state index in [0.29, 0.717) is 18.2 Å². The van der Waals surface area contributed by atoms with Gasteiger partial charge >= 0.3 is 0 Å². The average molecular weight is 296 g/mol. The van der Waals surface area contributed by atoms with E-state index in [1.165, 1.54) is 38.8 Å². The second-order valence-electron chi connectivity index (χ2n) is 6.77. The van der Waals surface area contributed by atoms with Crippen molar-refractivity contribution in [2.24, 2.45) is 5.92 Å². The third-order valence-corrected chi connectivity index (χ3v) is 5.28. The van der Waals surface area contributed by atoms with Gasteiger partial charge in [0.05, 0.1) is 12.7 Å². The first-order valence-corrected chi connectivity index (χ1v) is 8.93. The maximum atomic E-state index is 6.02. The lowest BCUT2D eigenvalue weighted by Crippen LogP contribution is -2.48. The zero-order valence-electron chi connectivity index (χ0n) is 13.2. The summed E-state index contributed by atoms with van der Waals surface area (Å²) in [7, 11) is 0. The smallest absolute Gasteiger partial charge is 0.0753 e. The fraction of sp³-hybridized carbons (Fsp3) is 1.00. The molecule has 4 atom stereocenters. The highest BCUT2D eigenvalue weighted by atomic mass is 16.5. The maximum Gasteiger partial charge on any atom is 0.0753 e. The Bertz CT molecular complexity index is 258. The molecule has 3 aliphatic heterocycles. The van der Waals surface area contributed by atoms with Crippen molar-refractivity contribution in [3.63, 3.8) is 0 Å². The molecule has 0 saturated carbocycles. The molecule has 0 aromatic rings. The molecule has 3 saturated heterocycles. The summed E-state index contributed by atoms with van der Waals surface area (Å²) in [6, 6.07) is 1.13. The lowest BCUT2D eigenvalue weighted by Gasteiger charge is -2.27. The molecule has 3 aliphatic rings. The first-order valence-electron chi connectivity index (χ1n) is 8.93. The first kappa shape index (κ1) is 15.7. The summed E-state index contributed by atoms with van der Waals surface area (Å²) in [5, 5.41) is 14.6. The number of hydrogen-bond donors (Lipinski definition) is 4. The minimum atomic E-state index is 0.360. The zero-order chi connectivity index (χ0) is 14.3. The van der Waals surface area contributed by atoms with Crippen molar-refractivity contribution in [3.8, 4) is 0 Å². The third kappa shape index (κ3) is 4.63. The van der Waals surface area contributed by atoms with Crippen LogP contribution >= 0.6 is 0 Å². The van der Waals surface area contributed by atoms with Gasteiger partial charge in [-0.25, -0.2) is 0 Å². The minimum Gasteiger partial charge on any atom is -0.375 e. The monoisotopic (exact) mass is 296 g/mol.